The Hall–Kier alpha value is -3.88. The number of hydrogen-bond acceptors (Lipinski definition) is 4. The molecule has 0 unspecified atom stereocenters. The van der Waals surface area contributed by atoms with Gasteiger partial charge in [0.05, 0.1) is 18.0 Å². The molecule has 9 nitrogen and oxygen atoms in total. The van der Waals surface area contributed by atoms with Gasteiger partial charge in [-0.1, -0.05) is 42.5 Å². The summed E-state index contributed by atoms with van der Waals surface area (Å²) in [5.41, 5.74) is 13.6. The molecule has 0 bridgehead atoms. The van der Waals surface area contributed by atoms with Crippen LogP contribution in [0.15, 0.2) is 59.6 Å². The molecule has 0 aliphatic carbocycles. The Morgan fingerprint density at radius 3 is 2.37 bits per heavy atom. The van der Waals surface area contributed by atoms with E-state index < -0.39 is 11.9 Å². The molecule has 1 saturated heterocycles. The maximum Gasteiger partial charge on any atom is 0.304 e. The van der Waals surface area contributed by atoms with Gasteiger partial charge in [-0.2, -0.15) is 0 Å². The first-order chi connectivity index (χ1) is 16.8. The minimum atomic E-state index is -0.983. The van der Waals surface area contributed by atoms with E-state index in [4.69, 9.17) is 11.5 Å². The zero-order chi connectivity index (χ0) is 25.2. The largest absolute Gasteiger partial charge is 0.481 e. The number of nitrogens with two attached hydrogens (primary N) is 2. The first-order valence-electron chi connectivity index (χ1n) is 11.8. The van der Waals surface area contributed by atoms with Crippen LogP contribution in [0.1, 0.15) is 36.8 Å². The van der Waals surface area contributed by atoms with Gasteiger partial charge in [-0.15, -0.1) is 0 Å². The number of carbonyl (C=O) groups excluding carboxylic acids is 2. The van der Waals surface area contributed by atoms with Crippen molar-refractivity contribution in [3.05, 3.63) is 65.7 Å². The fourth-order valence-corrected chi connectivity index (χ4v) is 4.40. The third-order valence-corrected chi connectivity index (χ3v) is 6.13. The number of guanidine groups is 1. The molecule has 186 valence electrons. The molecule has 1 fully saturated rings. The van der Waals surface area contributed by atoms with Crippen LogP contribution in [-0.4, -0.2) is 52.9 Å². The van der Waals surface area contributed by atoms with Gasteiger partial charge in [0.25, 0.3) is 0 Å². The third kappa shape index (κ3) is 8.13. The zero-order valence-electron chi connectivity index (χ0n) is 19.7. The van der Waals surface area contributed by atoms with Crippen molar-refractivity contribution in [2.75, 3.05) is 13.1 Å². The SMILES string of the molecule is NC(N)=Nc1ccc(CCC(=O)NC[C@@H]2C[C@@H](CC(=O)O)C(=O)N2CCCc2ccccc2)cc1. The predicted octanol–water partition coefficient (Wildman–Crippen LogP) is 1.96. The van der Waals surface area contributed by atoms with Crippen LogP contribution in [0.25, 0.3) is 0 Å². The van der Waals surface area contributed by atoms with Gasteiger partial charge in [0.15, 0.2) is 5.96 Å². The molecule has 35 heavy (non-hydrogen) atoms. The van der Waals surface area contributed by atoms with E-state index in [1.165, 1.54) is 5.56 Å². The lowest BCUT2D eigenvalue weighted by atomic mass is 10.0. The van der Waals surface area contributed by atoms with E-state index in [1.807, 2.05) is 42.5 Å². The number of likely N-dealkylation sites (tertiary alicyclic amines) is 1. The van der Waals surface area contributed by atoms with E-state index in [0.29, 0.717) is 38.0 Å². The number of carbonyl (C=O) groups is 3. The molecule has 0 spiro atoms. The number of aliphatic carboxylic acids is 1. The lowest BCUT2D eigenvalue weighted by molar-refractivity contribution is -0.142. The zero-order valence-corrected chi connectivity index (χ0v) is 19.7. The van der Waals surface area contributed by atoms with Gasteiger partial charge in [0, 0.05) is 25.6 Å². The van der Waals surface area contributed by atoms with Crippen molar-refractivity contribution in [1.29, 1.82) is 0 Å². The van der Waals surface area contributed by atoms with E-state index in [9.17, 15) is 19.5 Å². The molecule has 3 rings (SSSR count). The first kappa shape index (κ1) is 25.7. The topological polar surface area (TPSA) is 151 Å². The second-order valence-corrected chi connectivity index (χ2v) is 8.81. The molecule has 2 aromatic rings. The standard InChI is InChI=1S/C26H33N5O4/c27-26(28)30-21-11-8-19(9-12-21)10-13-23(32)29-17-22-15-20(16-24(33)34)25(35)31(22)14-4-7-18-5-2-1-3-6-18/h1-3,5-6,8-9,11-12,20,22H,4,7,10,13-17H2,(H,29,32)(H,33,34)(H4,27,28,30)/t20-,22-/m0/s1. The van der Waals surface area contributed by atoms with Crippen LogP contribution in [0.2, 0.25) is 0 Å². The van der Waals surface area contributed by atoms with Crippen LogP contribution >= 0.6 is 0 Å². The number of hydrogen-bond donors (Lipinski definition) is 4. The summed E-state index contributed by atoms with van der Waals surface area (Å²) >= 11 is 0. The van der Waals surface area contributed by atoms with E-state index in [-0.39, 0.29) is 30.2 Å². The minimum Gasteiger partial charge on any atom is -0.481 e. The average Bonchev–Trinajstić information content (AvgIpc) is 3.11. The average molecular weight is 480 g/mol. The van der Waals surface area contributed by atoms with E-state index in [1.54, 1.807) is 17.0 Å². The highest BCUT2D eigenvalue weighted by atomic mass is 16.4. The summed E-state index contributed by atoms with van der Waals surface area (Å²) in [6.45, 7) is 0.849. The van der Waals surface area contributed by atoms with Gasteiger partial charge < -0.3 is 26.8 Å². The summed E-state index contributed by atoms with van der Waals surface area (Å²) < 4.78 is 0. The maximum absolute atomic E-state index is 12.9. The Morgan fingerprint density at radius 2 is 1.71 bits per heavy atom. The van der Waals surface area contributed by atoms with Crippen molar-refractivity contribution in [2.45, 2.75) is 44.6 Å². The van der Waals surface area contributed by atoms with Gasteiger partial charge in [-0.05, 0) is 48.9 Å². The number of aryl methyl sites for hydroxylation is 2. The number of amides is 2. The van der Waals surface area contributed by atoms with Gasteiger partial charge in [0.2, 0.25) is 11.8 Å². The molecule has 2 aromatic carbocycles. The number of nitrogens with one attached hydrogen (secondary N) is 1. The van der Waals surface area contributed by atoms with Crippen LogP contribution in [0.4, 0.5) is 5.69 Å². The van der Waals surface area contributed by atoms with Crippen molar-refractivity contribution >= 4 is 29.4 Å². The Balaban J connectivity index is 1.50. The van der Waals surface area contributed by atoms with Crippen molar-refractivity contribution in [2.24, 2.45) is 22.4 Å². The van der Waals surface area contributed by atoms with Gasteiger partial charge >= 0.3 is 5.97 Å². The Labute approximate surface area is 205 Å². The lowest BCUT2D eigenvalue weighted by Gasteiger charge is -2.25. The number of carboxylic acid groups (broad SMARTS) is 1. The highest BCUT2D eigenvalue weighted by Crippen LogP contribution is 2.27. The molecule has 0 aromatic heterocycles. The molecule has 1 aliphatic heterocycles. The first-order valence-corrected chi connectivity index (χ1v) is 11.8. The molecule has 0 radical (unpaired) electrons. The minimum absolute atomic E-state index is 0.0118. The number of benzene rings is 2. The smallest absolute Gasteiger partial charge is 0.304 e. The quantitative estimate of drug-likeness (QED) is 0.270. The summed E-state index contributed by atoms with van der Waals surface area (Å²) in [4.78, 5) is 42.3. The number of aliphatic imine (C=N–C) groups is 1. The van der Waals surface area contributed by atoms with E-state index >= 15 is 0 Å². The highest BCUT2D eigenvalue weighted by Gasteiger charge is 2.39. The monoisotopic (exact) mass is 479 g/mol. The van der Waals surface area contributed by atoms with Crippen LogP contribution in [0, 0.1) is 5.92 Å². The lowest BCUT2D eigenvalue weighted by Crippen LogP contribution is -2.42. The molecule has 2 atom stereocenters. The van der Waals surface area contributed by atoms with Gasteiger partial charge in [-0.3, -0.25) is 14.4 Å². The van der Waals surface area contributed by atoms with Crippen LogP contribution in [-0.2, 0) is 27.2 Å². The van der Waals surface area contributed by atoms with Crippen LogP contribution in [0.3, 0.4) is 0 Å². The molecule has 1 aliphatic rings. The molecular weight excluding hydrogens is 446 g/mol. The van der Waals surface area contributed by atoms with E-state index in [0.717, 1.165) is 18.4 Å². The fourth-order valence-electron chi connectivity index (χ4n) is 4.40. The fraction of sp³-hybridized carbons (Fsp3) is 0.385. The van der Waals surface area contributed by atoms with Gasteiger partial charge in [-0.25, -0.2) is 4.99 Å². The summed E-state index contributed by atoms with van der Waals surface area (Å²) in [5.74, 6) is -1.79. The second kappa shape index (κ2) is 12.5. The Morgan fingerprint density at radius 1 is 1.03 bits per heavy atom. The summed E-state index contributed by atoms with van der Waals surface area (Å²) in [5, 5.41) is 12.1. The van der Waals surface area contributed by atoms with Crippen molar-refractivity contribution in [3.8, 4) is 0 Å². The molecular formula is C26H33N5O4. The van der Waals surface area contributed by atoms with Crippen LogP contribution < -0.4 is 16.8 Å². The second-order valence-electron chi connectivity index (χ2n) is 8.81. The Bertz CT molecular complexity index is 1040. The number of rotatable bonds is 12. The highest BCUT2D eigenvalue weighted by molar-refractivity contribution is 5.85. The molecule has 6 N–H and O–H groups in total. The maximum atomic E-state index is 12.9. The molecule has 2 amide bonds. The number of nitrogens with zero attached hydrogens (tertiary/aromatic N) is 2. The summed E-state index contributed by atoms with van der Waals surface area (Å²) in [6, 6.07) is 17.1. The normalized spacial score (nSPS) is 17.3. The predicted molar refractivity (Wildman–Crippen MR) is 134 cm³/mol. The number of carboxylic acids is 1. The molecule has 1 heterocycles. The van der Waals surface area contributed by atoms with E-state index in [2.05, 4.69) is 10.3 Å². The van der Waals surface area contributed by atoms with Crippen molar-refractivity contribution < 1.29 is 19.5 Å². The van der Waals surface area contributed by atoms with Crippen molar-refractivity contribution in [3.63, 3.8) is 0 Å². The van der Waals surface area contributed by atoms with Crippen LogP contribution in [0.5, 0.6) is 0 Å². The summed E-state index contributed by atoms with van der Waals surface area (Å²) in [7, 11) is 0. The molecule has 9 heteroatoms. The summed E-state index contributed by atoms with van der Waals surface area (Å²) in [6.07, 6.45) is 2.71. The molecule has 0 saturated carbocycles. The third-order valence-electron chi connectivity index (χ3n) is 6.13. The van der Waals surface area contributed by atoms with Crippen molar-refractivity contribution in [1.82, 2.24) is 10.2 Å². The Kier molecular flexibility index (Phi) is 9.23. The van der Waals surface area contributed by atoms with Gasteiger partial charge in [0.1, 0.15) is 0 Å².